The number of rotatable bonds is 23. The molecule has 0 amide bonds. The average Bonchev–Trinajstić information content (AvgIpc) is 1.17. The summed E-state index contributed by atoms with van der Waals surface area (Å²) in [5, 5.41) is 50.6. The number of nitrogens with zero attached hydrogens (tertiary/aromatic N) is 13. The topological polar surface area (TPSA) is 398 Å². The van der Waals surface area contributed by atoms with Gasteiger partial charge in [-0.05, 0) is 237 Å². The number of aryl methyl sites for hydroxylation is 4. The number of hydrogen-bond donors (Lipinski definition) is 12. The lowest BCUT2D eigenvalue weighted by atomic mass is 10.1. The Labute approximate surface area is 760 Å². The highest BCUT2D eigenvalue weighted by molar-refractivity contribution is 6.37. The van der Waals surface area contributed by atoms with Crippen molar-refractivity contribution >= 4 is 134 Å². The maximum atomic E-state index is 10.8. The van der Waals surface area contributed by atoms with E-state index < -0.39 is 4.92 Å². The lowest BCUT2D eigenvalue weighted by molar-refractivity contribution is -0.384. The van der Waals surface area contributed by atoms with Crippen molar-refractivity contribution in [1.82, 2.24) is 59.8 Å². The van der Waals surface area contributed by atoms with E-state index in [1.807, 2.05) is 179 Å². The van der Waals surface area contributed by atoms with E-state index in [2.05, 4.69) is 207 Å². The summed E-state index contributed by atoms with van der Waals surface area (Å²) in [5.41, 5.74) is 8.10. The molecule has 12 aromatic rings. The summed E-state index contributed by atoms with van der Waals surface area (Å²) >= 11 is 12.3. The SMILES string of the molecule is COc1cc(Nc2nc(NC(C)(C)C)ncc2C)c(Cl)cc1Cl.COc1ccc(Nc2ccnc(NC(C)(C)C)n2)cc1.COc1cccc(Nc2ccnc(NC(C)(C)C)n2)c1.COc1cccc(Nc2nc(NC(C)(C)C)ncc2C)c1.Cc1cnc(NC(C)(C)C)nc1Nc1ccc2c(c1)OCO2.Cc1cnc(NC(C)(C)C)nc1Nc1cccc([N+](=O)[O-])c1. The van der Waals surface area contributed by atoms with Crippen molar-refractivity contribution in [2.45, 2.75) is 186 Å². The molecule has 680 valence electrons. The highest BCUT2D eigenvalue weighted by Crippen LogP contribution is 2.38. The van der Waals surface area contributed by atoms with Crippen molar-refractivity contribution in [3.05, 3.63) is 219 Å². The number of aromatic nitrogens is 12. The Morgan fingerprint density at radius 1 is 0.344 bits per heavy atom. The summed E-state index contributed by atoms with van der Waals surface area (Å²) in [4.78, 5) is 62.9. The van der Waals surface area contributed by atoms with E-state index in [1.165, 1.54) is 12.1 Å². The summed E-state index contributed by atoms with van der Waals surface area (Å²) in [7, 11) is 6.51. The first kappa shape index (κ1) is 99.6. The molecule has 7 heterocycles. The van der Waals surface area contributed by atoms with E-state index in [4.69, 9.17) is 51.6 Å². The normalized spacial score (nSPS) is 11.4. The molecule has 6 aromatic heterocycles. The van der Waals surface area contributed by atoms with E-state index in [1.54, 1.807) is 83.7 Å². The van der Waals surface area contributed by atoms with Crippen LogP contribution in [0.1, 0.15) is 147 Å². The van der Waals surface area contributed by atoms with Gasteiger partial charge in [-0.25, -0.2) is 29.9 Å². The van der Waals surface area contributed by atoms with Gasteiger partial charge in [0.2, 0.25) is 42.5 Å². The monoisotopic (exact) mass is 1790 g/mol. The third kappa shape index (κ3) is 35.0. The zero-order valence-corrected chi connectivity index (χ0v) is 79.3. The van der Waals surface area contributed by atoms with Crippen LogP contribution in [-0.2, 0) is 0 Å². The molecule has 12 N–H and O–H groups in total. The molecule has 0 radical (unpaired) electrons. The fourth-order valence-corrected chi connectivity index (χ4v) is 11.4. The minimum Gasteiger partial charge on any atom is -0.497 e. The third-order valence-electron chi connectivity index (χ3n) is 16.6. The second-order valence-corrected chi connectivity index (χ2v) is 36.3. The summed E-state index contributed by atoms with van der Waals surface area (Å²) in [6, 6.07) is 42.2. The van der Waals surface area contributed by atoms with Gasteiger partial charge in [0.25, 0.3) is 5.69 Å². The summed E-state index contributed by atoms with van der Waals surface area (Å²) in [6.07, 6.45) is 10.5. The Kier molecular flexibility index (Phi) is 34.9. The van der Waals surface area contributed by atoms with Crippen LogP contribution in [0.15, 0.2) is 177 Å². The highest BCUT2D eigenvalue weighted by Gasteiger charge is 2.22. The summed E-state index contributed by atoms with van der Waals surface area (Å²) in [6.45, 7) is 45.0. The fourth-order valence-electron chi connectivity index (χ4n) is 10.9. The van der Waals surface area contributed by atoms with Crippen molar-refractivity contribution < 1.29 is 33.3 Å². The molecular weight excluding hydrogens is 1670 g/mol. The molecule has 1 aliphatic heterocycles. The maximum Gasteiger partial charge on any atom is 0.271 e. The van der Waals surface area contributed by atoms with Crippen LogP contribution in [-0.4, -0.2) is 133 Å². The number of fused-ring (bicyclic) bond motifs is 1. The molecule has 0 bridgehead atoms. The number of nitrogens with one attached hydrogen (secondary N) is 12. The van der Waals surface area contributed by atoms with Gasteiger partial charge in [-0.2, -0.15) is 29.9 Å². The third-order valence-corrected chi connectivity index (χ3v) is 17.2. The summed E-state index contributed by atoms with van der Waals surface area (Å²) in [5.74, 6) is 12.3. The zero-order chi connectivity index (χ0) is 93.9. The molecule has 128 heavy (non-hydrogen) atoms. The average molecular weight is 1790 g/mol. The first-order valence-electron chi connectivity index (χ1n) is 41.1. The maximum absolute atomic E-state index is 10.8. The fraction of sp³-hybridized carbons (Fsp3) is 0.355. The van der Waals surface area contributed by atoms with Crippen LogP contribution in [0.4, 0.5) is 110 Å². The van der Waals surface area contributed by atoms with Gasteiger partial charge < -0.3 is 92.2 Å². The van der Waals surface area contributed by atoms with Crippen LogP contribution < -0.4 is 92.2 Å². The Hall–Kier alpha value is -13.8. The van der Waals surface area contributed by atoms with Crippen molar-refractivity contribution in [3.8, 4) is 34.5 Å². The molecule has 35 heteroatoms. The Bertz CT molecular complexity index is 5640. The van der Waals surface area contributed by atoms with E-state index >= 15 is 0 Å². The molecular formula is C93H121Cl2N25O8. The largest absolute Gasteiger partial charge is 0.497 e. The highest BCUT2D eigenvalue weighted by atomic mass is 35.5. The van der Waals surface area contributed by atoms with Gasteiger partial charge in [-0.1, -0.05) is 41.4 Å². The molecule has 33 nitrogen and oxygen atoms in total. The van der Waals surface area contributed by atoms with Gasteiger partial charge in [0.15, 0.2) is 11.5 Å². The minimum absolute atomic E-state index is 0.0322. The zero-order valence-electron chi connectivity index (χ0n) is 77.8. The molecule has 0 saturated carbocycles. The lowest BCUT2D eigenvalue weighted by Gasteiger charge is -2.21. The first-order chi connectivity index (χ1) is 60.1. The predicted molar refractivity (Wildman–Crippen MR) is 519 cm³/mol. The molecule has 0 spiro atoms. The number of nitro groups is 1. The standard InChI is InChI=1S/C16H20Cl2N4O.C16H20N4O2.C16H22N4O.C15H19N5O2.2C15H20N4O/c1-9-8-19-15(22-16(2,3)4)21-14(9)20-12-7-13(23-5)11(18)6-10(12)17;1-10-8-17-15(20-16(2,3)4)19-14(10)18-11-5-6-12-13(7-11)22-9-21-12;1-11-10-17-15(20-16(2,3)4)19-14(11)18-12-7-6-8-13(9-12)21-5;1-10-9-16-14(19-15(2,3)4)18-13(10)17-11-6-5-7-12(8-11)20(21)22;1-15(2,3)19-14-16-10-9-13(18-14)17-11-5-7-12(20-4)8-6-11;1-15(2,3)19-14-16-9-8-13(18-14)17-11-6-5-7-12(10-11)20-4/h6-8H,1-5H3,(H2,19,20,21,22);5-8H,9H2,1-4H3,(H2,17,18,19,20);6-10H,1-5H3,(H2,17,18,19,20);5-9H,1-4H3,(H2,16,17,18,19);2*5-10H,1-4H3,(H2,16,17,18,19). The van der Waals surface area contributed by atoms with Crippen molar-refractivity contribution in [1.29, 1.82) is 0 Å². The number of nitro benzene ring substituents is 1. The van der Waals surface area contributed by atoms with Crippen LogP contribution >= 0.6 is 23.2 Å². The number of methoxy groups -OCH3 is 4. The van der Waals surface area contributed by atoms with Crippen molar-refractivity contribution in [2.75, 3.05) is 99.0 Å². The van der Waals surface area contributed by atoms with E-state index in [0.29, 0.717) is 74.5 Å². The predicted octanol–water partition coefficient (Wildman–Crippen LogP) is 22.8. The van der Waals surface area contributed by atoms with Gasteiger partial charge in [-0.3, -0.25) is 10.1 Å². The molecule has 1 aliphatic rings. The van der Waals surface area contributed by atoms with E-state index in [0.717, 1.165) is 97.0 Å². The Balaban J connectivity index is 0.000000190. The quantitative estimate of drug-likeness (QED) is 0.0209. The Morgan fingerprint density at radius 2 is 0.688 bits per heavy atom. The van der Waals surface area contributed by atoms with Gasteiger partial charge >= 0.3 is 0 Å². The van der Waals surface area contributed by atoms with Crippen LogP contribution in [0.25, 0.3) is 0 Å². The molecule has 0 unspecified atom stereocenters. The van der Waals surface area contributed by atoms with Crippen LogP contribution in [0.2, 0.25) is 10.0 Å². The van der Waals surface area contributed by atoms with Gasteiger partial charge in [0.1, 0.15) is 57.9 Å². The van der Waals surface area contributed by atoms with E-state index in [9.17, 15) is 10.1 Å². The number of anilines is 18. The number of non-ortho nitro benzene ring substituents is 1. The Morgan fingerprint density at radius 3 is 1.07 bits per heavy atom. The number of halogens is 2. The number of benzene rings is 6. The summed E-state index contributed by atoms with van der Waals surface area (Å²) < 4.78 is 31.5. The molecule has 13 rings (SSSR count). The van der Waals surface area contributed by atoms with Gasteiger partial charge in [-0.15, -0.1) is 0 Å². The molecule has 0 aliphatic carbocycles. The number of ether oxygens (including phenoxy) is 6. The first-order valence-corrected chi connectivity index (χ1v) is 41.8. The van der Waals surface area contributed by atoms with Crippen molar-refractivity contribution in [2.24, 2.45) is 0 Å². The van der Waals surface area contributed by atoms with Crippen LogP contribution in [0.3, 0.4) is 0 Å². The second-order valence-electron chi connectivity index (χ2n) is 35.5. The molecule has 0 fully saturated rings. The molecule has 0 atom stereocenters. The number of hydrogen-bond acceptors (Lipinski definition) is 32. The molecule has 0 saturated heterocycles. The van der Waals surface area contributed by atoms with Crippen molar-refractivity contribution in [3.63, 3.8) is 0 Å². The minimum atomic E-state index is -0.426. The van der Waals surface area contributed by atoms with Crippen LogP contribution in [0.5, 0.6) is 34.5 Å². The smallest absolute Gasteiger partial charge is 0.271 e. The molecule has 6 aromatic carbocycles. The van der Waals surface area contributed by atoms with E-state index in [-0.39, 0.29) is 45.7 Å². The lowest BCUT2D eigenvalue weighted by Crippen LogP contribution is -2.27. The second kappa shape index (κ2) is 44.9. The van der Waals surface area contributed by atoms with Gasteiger partial charge in [0, 0.05) is 158 Å². The van der Waals surface area contributed by atoms with Crippen LogP contribution in [0, 0.1) is 37.8 Å². The van der Waals surface area contributed by atoms with Gasteiger partial charge in [0.05, 0.1) is 49.1 Å².